The first kappa shape index (κ1) is 23.3. The fraction of sp³-hybridized carbons (Fsp3) is 0.130. The number of nitriles is 1. The minimum Gasteiger partial charge on any atom is -0.339 e. The highest BCUT2D eigenvalue weighted by Crippen LogP contribution is 2.30. The van der Waals surface area contributed by atoms with E-state index in [9.17, 15) is 13.7 Å². The van der Waals surface area contributed by atoms with Crippen molar-refractivity contribution in [3.8, 4) is 17.3 Å². The maximum atomic E-state index is 12.7. The SMILES string of the molecule is CSc1nc(Nc2ccc(S(=O)(=O)Nc3onc(C)c3C)cc2)c(C#N)c(-c2ccccc2)n1. The number of sulfonamides is 1. The number of aromatic nitrogens is 3. The third kappa shape index (κ3) is 4.73. The smallest absolute Gasteiger partial charge is 0.264 e. The molecule has 0 aliphatic rings. The molecule has 4 aromatic rings. The van der Waals surface area contributed by atoms with Crippen LogP contribution in [0.25, 0.3) is 11.3 Å². The Morgan fingerprint density at radius 3 is 2.32 bits per heavy atom. The van der Waals surface area contributed by atoms with Gasteiger partial charge in [-0.2, -0.15) is 5.26 Å². The lowest BCUT2D eigenvalue weighted by Gasteiger charge is -2.13. The average molecular weight is 493 g/mol. The lowest BCUT2D eigenvalue weighted by molar-refractivity contribution is 0.430. The summed E-state index contributed by atoms with van der Waals surface area (Å²) in [5.74, 6) is 0.416. The van der Waals surface area contributed by atoms with Gasteiger partial charge in [-0.1, -0.05) is 47.3 Å². The lowest BCUT2D eigenvalue weighted by atomic mass is 10.1. The quantitative estimate of drug-likeness (QED) is 0.273. The summed E-state index contributed by atoms with van der Waals surface area (Å²) in [7, 11) is -3.87. The maximum Gasteiger partial charge on any atom is 0.264 e. The molecule has 0 amide bonds. The van der Waals surface area contributed by atoms with E-state index in [2.05, 4.69) is 31.2 Å². The van der Waals surface area contributed by atoms with Crippen LogP contribution in [0.1, 0.15) is 16.8 Å². The van der Waals surface area contributed by atoms with Crippen molar-refractivity contribution < 1.29 is 12.9 Å². The van der Waals surface area contributed by atoms with Crippen molar-refractivity contribution >= 4 is 39.2 Å². The Morgan fingerprint density at radius 2 is 1.74 bits per heavy atom. The standard InChI is InChI=1S/C23H20N6O3S2/c1-14-15(2)28-32-22(14)29-34(30,31)18-11-9-17(10-12-18)25-21-19(13-24)20(26-23(27-21)33-3)16-7-5-4-6-8-16/h4-12,29H,1-3H3,(H,25,26,27). The Balaban J connectivity index is 1.64. The van der Waals surface area contributed by atoms with E-state index in [0.29, 0.717) is 39.2 Å². The summed E-state index contributed by atoms with van der Waals surface area (Å²) in [5.41, 5.74) is 3.39. The van der Waals surface area contributed by atoms with Gasteiger partial charge in [-0.25, -0.2) is 23.1 Å². The Morgan fingerprint density at radius 1 is 1.03 bits per heavy atom. The Bertz CT molecular complexity index is 1480. The van der Waals surface area contributed by atoms with E-state index >= 15 is 0 Å². The monoisotopic (exact) mass is 492 g/mol. The fourth-order valence-corrected chi connectivity index (χ4v) is 4.49. The summed E-state index contributed by atoms with van der Waals surface area (Å²) in [6, 6.07) is 17.7. The topological polar surface area (TPSA) is 134 Å². The zero-order valence-corrected chi connectivity index (χ0v) is 20.2. The first-order valence-electron chi connectivity index (χ1n) is 10.1. The maximum absolute atomic E-state index is 12.7. The van der Waals surface area contributed by atoms with Crippen LogP contribution >= 0.6 is 11.8 Å². The molecule has 34 heavy (non-hydrogen) atoms. The van der Waals surface area contributed by atoms with Gasteiger partial charge in [0.05, 0.1) is 16.3 Å². The van der Waals surface area contributed by atoms with Crippen LogP contribution < -0.4 is 10.0 Å². The van der Waals surface area contributed by atoms with Gasteiger partial charge in [0.25, 0.3) is 10.0 Å². The van der Waals surface area contributed by atoms with Crippen molar-refractivity contribution in [1.82, 2.24) is 15.1 Å². The highest BCUT2D eigenvalue weighted by molar-refractivity contribution is 7.98. The Hall–Kier alpha value is -3.88. The molecular weight excluding hydrogens is 472 g/mol. The minimum absolute atomic E-state index is 0.0458. The molecule has 0 fully saturated rings. The molecule has 2 aromatic carbocycles. The number of aryl methyl sites for hydroxylation is 1. The Labute approximate surface area is 201 Å². The summed E-state index contributed by atoms with van der Waals surface area (Å²) >= 11 is 1.36. The molecule has 0 spiro atoms. The summed E-state index contributed by atoms with van der Waals surface area (Å²) in [6.07, 6.45) is 1.85. The first-order chi connectivity index (χ1) is 16.3. The van der Waals surface area contributed by atoms with Gasteiger partial charge < -0.3 is 9.84 Å². The molecule has 2 aromatic heterocycles. The fourth-order valence-electron chi connectivity index (χ4n) is 3.08. The van der Waals surface area contributed by atoms with E-state index in [1.165, 1.54) is 23.9 Å². The third-order valence-corrected chi connectivity index (χ3v) is 6.94. The predicted molar refractivity (Wildman–Crippen MR) is 130 cm³/mol. The molecule has 0 unspecified atom stereocenters. The molecule has 0 radical (unpaired) electrons. The summed E-state index contributed by atoms with van der Waals surface area (Å²) in [4.78, 5) is 9.01. The second kappa shape index (κ2) is 9.54. The molecule has 172 valence electrons. The minimum atomic E-state index is -3.87. The summed E-state index contributed by atoms with van der Waals surface area (Å²) < 4.78 is 32.9. The van der Waals surface area contributed by atoms with Crippen LogP contribution in [0, 0.1) is 25.2 Å². The van der Waals surface area contributed by atoms with Gasteiger partial charge in [-0.05, 0) is 44.4 Å². The highest BCUT2D eigenvalue weighted by atomic mass is 32.2. The highest BCUT2D eigenvalue weighted by Gasteiger charge is 2.20. The zero-order valence-electron chi connectivity index (χ0n) is 18.5. The number of hydrogen-bond acceptors (Lipinski definition) is 9. The molecule has 4 rings (SSSR count). The van der Waals surface area contributed by atoms with Crippen LogP contribution in [0.5, 0.6) is 0 Å². The van der Waals surface area contributed by atoms with E-state index in [-0.39, 0.29) is 10.8 Å². The van der Waals surface area contributed by atoms with Crippen LogP contribution in [0.2, 0.25) is 0 Å². The van der Waals surface area contributed by atoms with Crippen molar-refractivity contribution in [3.05, 3.63) is 71.4 Å². The number of benzene rings is 2. The molecule has 0 aliphatic carbocycles. The molecular formula is C23H20N6O3S2. The van der Waals surface area contributed by atoms with E-state index in [4.69, 9.17) is 4.52 Å². The Kier molecular flexibility index (Phi) is 6.54. The van der Waals surface area contributed by atoms with Gasteiger partial charge in [0.2, 0.25) is 5.88 Å². The number of rotatable bonds is 7. The van der Waals surface area contributed by atoms with Crippen LogP contribution in [0.3, 0.4) is 0 Å². The van der Waals surface area contributed by atoms with Crippen LogP contribution in [-0.4, -0.2) is 29.8 Å². The van der Waals surface area contributed by atoms with Crippen molar-refractivity contribution in [1.29, 1.82) is 5.26 Å². The van der Waals surface area contributed by atoms with E-state index in [0.717, 1.165) is 5.56 Å². The molecule has 0 saturated heterocycles. The van der Waals surface area contributed by atoms with Crippen LogP contribution in [0.15, 0.2) is 69.2 Å². The van der Waals surface area contributed by atoms with Gasteiger partial charge in [0.15, 0.2) is 11.0 Å². The van der Waals surface area contributed by atoms with E-state index in [1.807, 2.05) is 36.6 Å². The molecule has 0 aliphatic heterocycles. The molecule has 0 atom stereocenters. The normalized spacial score (nSPS) is 11.1. The molecule has 11 heteroatoms. The van der Waals surface area contributed by atoms with Gasteiger partial charge in [-0.3, -0.25) is 0 Å². The van der Waals surface area contributed by atoms with E-state index < -0.39 is 10.0 Å². The molecule has 9 nitrogen and oxygen atoms in total. The first-order valence-corrected chi connectivity index (χ1v) is 12.8. The third-order valence-electron chi connectivity index (χ3n) is 5.04. The summed E-state index contributed by atoms with van der Waals surface area (Å²) in [6.45, 7) is 3.45. The van der Waals surface area contributed by atoms with Gasteiger partial charge in [-0.15, -0.1) is 0 Å². The largest absolute Gasteiger partial charge is 0.339 e. The lowest BCUT2D eigenvalue weighted by Crippen LogP contribution is -2.13. The average Bonchev–Trinajstić information content (AvgIpc) is 3.16. The number of thioether (sulfide) groups is 1. The van der Waals surface area contributed by atoms with Gasteiger partial charge in [0.1, 0.15) is 11.6 Å². The number of hydrogen-bond donors (Lipinski definition) is 2. The summed E-state index contributed by atoms with van der Waals surface area (Å²) in [5, 5.41) is 17.2. The van der Waals surface area contributed by atoms with Crippen LogP contribution in [0.4, 0.5) is 17.4 Å². The molecule has 2 heterocycles. The van der Waals surface area contributed by atoms with Crippen molar-refractivity contribution in [2.75, 3.05) is 16.3 Å². The predicted octanol–water partition coefficient (Wildman–Crippen LogP) is 4.89. The van der Waals surface area contributed by atoms with Crippen molar-refractivity contribution in [2.24, 2.45) is 0 Å². The van der Waals surface area contributed by atoms with Gasteiger partial charge in [0, 0.05) is 16.8 Å². The van der Waals surface area contributed by atoms with Gasteiger partial charge >= 0.3 is 0 Å². The molecule has 2 N–H and O–H groups in total. The molecule has 0 saturated carbocycles. The van der Waals surface area contributed by atoms with Crippen molar-refractivity contribution in [3.63, 3.8) is 0 Å². The van der Waals surface area contributed by atoms with Crippen LogP contribution in [-0.2, 0) is 10.0 Å². The second-order valence-electron chi connectivity index (χ2n) is 7.24. The number of anilines is 3. The van der Waals surface area contributed by atoms with E-state index in [1.54, 1.807) is 26.0 Å². The number of nitrogens with zero attached hydrogens (tertiary/aromatic N) is 4. The zero-order chi connectivity index (χ0) is 24.3. The van der Waals surface area contributed by atoms with Crippen molar-refractivity contribution in [2.45, 2.75) is 23.9 Å². The molecule has 0 bridgehead atoms. The second-order valence-corrected chi connectivity index (χ2v) is 9.69. The number of nitrogens with one attached hydrogen (secondary N) is 2.